The lowest BCUT2D eigenvalue weighted by Gasteiger charge is -2.10. The Bertz CT molecular complexity index is 681. The van der Waals surface area contributed by atoms with Crippen LogP contribution in [0.25, 0.3) is 10.9 Å². The summed E-state index contributed by atoms with van der Waals surface area (Å²) >= 11 is 3.53. The maximum Gasteiger partial charge on any atom is 0.426 e. The summed E-state index contributed by atoms with van der Waals surface area (Å²) in [6, 6.07) is 7.79. The average molecular weight is 354 g/mol. The predicted octanol–water partition coefficient (Wildman–Crippen LogP) is 2.49. The molecule has 2 rings (SSSR count). The molecule has 0 saturated carbocycles. The Morgan fingerprint density at radius 3 is 2.71 bits per heavy atom. The lowest BCUT2D eigenvalue weighted by Crippen LogP contribution is -2.43. The van der Waals surface area contributed by atoms with Crippen molar-refractivity contribution < 1.29 is 14.3 Å². The van der Waals surface area contributed by atoms with Gasteiger partial charge in [0.2, 0.25) is 0 Å². The van der Waals surface area contributed by atoms with Crippen molar-refractivity contribution in [3.8, 4) is 0 Å². The van der Waals surface area contributed by atoms with Crippen LogP contribution in [0.2, 0.25) is 0 Å². The number of para-hydroxylation sites is 1. The summed E-state index contributed by atoms with van der Waals surface area (Å²) in [4.78, 5) is 23.0. The van der Waals surface area contributed by atoms with E-state index in [0.717, 1.165) is 21.1 Å². The first kappa shape index (κ1) is 15.4. The van der Waals surface area contributed by atoms with E-state index < -0.39 is 6.09 Å². The zero-order valence-electron chi connectivity index (χ0n) is 11.8. The molecule has 0 aliphatic heterocycles. The van der Waals surface area contributed by atoms with Gasteiger partial charge in [0.15, 0.2) is 0 Å². The lowest BCUT2D eigenvalue weighted by atomic mass is 10.2. The first-order valence-corrected chi connectivity index (χ1v) is 7.28. The van der Waals surface area contributed by atoms with Gasteiger partial charge >= 0.3 is 6.09 Å². The molecular formula is C14H16BrN3O3. The molecule has 0 saturated heterocycles. The van der Waals surface area contributed by atoms with Gasteiger partial charge in [-0.3, -0.25) is 10.2 Å². The molecule has 21 heavy (non-hydrogen) atoms. The molecule has 0 spiro atoms. The molecule has 1 heterocycles. The highest BCUT2D eigenvalue weighted by atomic mass is 79.9. The van der Waals surface area contributed by atoms with Crippen LogP contribution < -0.4 is 10.9 Å². The second-order valence-electron chi connectivity index (χ2n) is 4.40. The van der Waals surface area contributed by atoms with Crippen LogP contribution in [0.4, 0.5) is 4.79 Å². The van der Waals surface area contributed by atoms with Gasteiger partial charge in [0.25, 0.3) is 5.91 Å². The normalized spacial score (nSPS) is 10.4. The second kappa shape index (κ2) is 6.62. The van der Waals surface area contributed by atoms with E-state index >= 15 is 0 Å². The largest absolute Gasteiger partial charge is 0.449 e. The number of hydrazine groups is 1. The van der Waals surface area contributed by atoms with Crippen molar-refractivity contribution in [3.63, 3.8) is 0 Å². The van der Waals surface area contributed by atoms with Gasteiger partial charge in [-0.2, -0.15) is 0 Å². The Hall–Kier alpha value is -2.02. The SMILES string of the molecule is CCOC(=O)NNC(=O)Cn1c(C)c(Br)c2ccccc21. The number of nitrogens with one attached hydrogen (secondary N) is 2. The van der Waals surface area contributed by atoms with E-state index in [1.165, 1.54) is 0 Å². The van der Waals surface area contributed by atoms with Gasteiger partial charge in [-0.05, 0) is 35.8 Å². The number of halogens is 1. The summed E-state index contributed by atoms with van der Waals surface area (Å²) in [7, 11) is 0. The van der Waals surface area contributed by atoms with Crippen molar-refractivity contribution in [2.75, 3.05) is 6.61 Å². The predicted molar refractivity (Wildman–Crippen MR) is 82.7 cm³/mol. The average Bonchev–Trinajstić information content (AvgIpc) is 2.71. The molecule has 7 heteroatoms. The van der Waals surface area contributed by atoms with Gasteiger partial charge in [-0.1, -0.05) is 18.2 Å². The molecule has 0 radical (unpaired) electrons. The molecule has 2 amide bonds. The van der Waals surface area contributed by atoms with Crippen LogP contribution in [0.5, 0.6) is 0 Å². The number of fused-ring (bicyclic) bond motifs is 1. The fraction of sp³-hybridized carbons (Fsp3) is 0.286. The summed E-state index contributed by atoms with van der Waals surface area (Å²) in [5.74, 6) is -0.334. The molecule has 6 nitrogen and oxygen atoms in total. The molecule has 0 unspecified atom stereocenters. The van der Waals surface area contributed by atoms with Crippen molar-refractivity contribution in [2.24, 2.45) is 0 Å². The minimum Gasteiger partial charge on any atom is -0.449 e. The minimum absolute atomic E-state index is 0.102. The van der Waals surface area contributed by atoms with Gasteiger partial charge in [0.05, 0.1) is 6.61 Å². The summed E-state index contributed by atoms with van der Waals surface area (Å²) in [5.41, 5.74) is 6.41. The van der Waals surface area contributed by atoms with Gasteiger partial charge in [0.1, 0.15) is 6.54 Å². The number of hydrogen-bond acceptors (Lipinski definition) is 3. The molecule has 0 aliphatic rings. The molecule has 1 aromatic heterocycles. The van der Waals surface area contributed by atoms with E-state index in [9.17, 15) is 9.59 Å². The molecule has 0 aliphatic carbocycles. The zero-order chi connectivity index (χ0) is 15.4. The van der Waals surface area contributed by atoms with Crippen LogP contribution in [0, 0.1) is 6.92 Å². The van der Waals surface area contributed by atoms with E-state index in [2.05, 4.69) is 31.5 Å². The van der Waals surface area contributed by atoms with Crippen molar-refractivity contribution in [3.05, 3.63) is 34.4 Å². The van der Waals surface area contributed by atoms with Crippen LogP contribution in [0.1, 0.15) is 12.6 Å². The van der Waals surface area contributed by atoms with Crippen LogP contribution in [0.15, 0.2) is 28.7 Å². The van der Waals surface area contributed by atoms with E-state index in [4.69, 9.17) is 0 Å². The topological polar surface area (TPSA) is 72.4 Å². The molecule has 0 bridgehead atoms. The molecule has 1 aromatic carbocycles. The van der Waals surface area contributed by atoms with Gasteiger partial charge in [-0.15, -0.1) is 0 Å². The highest BCUT2D eigenvalue weighted by Gasteiger charge is 2.14. The maximum absolute atomic E-state index is 11.9. The number of nitrogens with zero attached hydrogens (tertiary/aromatic N) is 1. The number of rotatable bonds is 3. The summed E-state index contributed by atoms with van der Waals surface area (Å²) in [6.07, 6.45) is -0.680. The summed E-state index contributed by atoms with van der Waals surface area (Å²) < 4.78 is 7.50. The maximum atomic E-state index is 11.9. The molecule has 2 N–H and O–H groups in total. The third-order valence-corrected chi connectivity index (χ3v) is 4.04. The number of ether oxygens (including phenoxy) is 1. The van der Waals surface area contributed by atoms with E-state index in [1.807, 2.05) is 35.8 Å². The van der Waals surface area contributed by atoms with E-state index in [0.29, 0.717) is 0 Å². The first-order valence-electron chi connectivity index (χ1n) is 6.49. The van der Waals surface area contributed by atoms with Crippen molar-refractivity contribution in [1.29, 1.82) is 0 Å². The fourth-order valence-corrected chi connectivity index (χ4v) is 2.61. The van der Waals surface area contributed by atoms with Crippen LogP contribution in [-0.4, -0.2) is 23.2 Å². The standard InChI is InChI=1S/C14H16BrN3O3/c1-3-21-14(20)17-16-12(19)8-18-9(2)13(15)10-6-4-5-7-11(10)18/h4-7H,3,8H2,1-2H3,(H,16,19)(H,17,20). The lowest BCUT2D eigenvalue weighted by molar-refractivity contribution is -0.122. The van der Waals surface area contributed by atoms with Gasteiger partial charge in [-0.25, -0.2) is 10.2 Å². The highest BCUT2D eigenvalue weighted by Crippen LogP contribution is 2.30. The van der Waals surface area contributed by atoms with E-state index in [-0.39, 0.29) is 19.1 Å². The Labute approximate surface area is 130 Å². The minimum atomic E-state index is -0.680. The Kier molecular flexibility index (Phi) is 4.85. The first-order chi connectivity index (χ1) is 10.0. The molecule has 0 atom stereocenters. The zero-order valence-corrected chi connectivity index (χ0v) is 13.4. The smallest absolute Gasteiger partial charge is 0.426 e. The van der Waals surface area contributed by atoms with E-state index in [1.54, 1.807) is 6.92 Å². The number of carbonyl (C=O) groups is 2. The fourth-order valence-electron chi connectivity index (χ4n) is 2.06. The van der Waals surface area contributed by atoms with Gasteiger partial charge in [0, 0.05) is 21.1 Å². The van der Waals surface area contributed by atoms with Gasteiger partial charge < -0.3 is 9.30 Å². The molecule has 2 aromatic rings. The number of carbonyl (C=O) groups excluding carboxylic acids is 2. The number of benzene rings is 1. The van der Waals surface area contributed by atoms with Crippen LogP contribution in [-0.2, 0) is 16.1 Å². The number of hydrogen-bond donors (Lipinski definition) is 2. The number of aromatic nitrogens is 1. The molecular weight excluding hydrogens is 338 g/mol. The van der Waals surface area contributed by atoms with Crippen LogP contribution in [0.3, 0.4) is 0 Å². The molecule has 112 valence electrons. The van der Waals surface area contributed by atoms with Crippen molar-refractivity contribution in [2.45, 2.75) is 20.4 Å². The third-order valence-electron chi connectivity index (χ3n) is 3.03. The van der Waals surface area contributed by atoms with Crippen molar-refractivity contribution >= 4 is 38.8 Å². The summed E-state index contributed by atoms with van der Waals surface area (Å²) in [6.45, 7) is 3.96. The van der Waals surface area contributed by atoms with Crippen molar-refractivity contribution in [1.82, 2.24) is 15.4 Å². The highest BCUT2D eigenvalue weighted by molar-refractivity contribution is 9.10. The quantitative estimate of drug-likeness (QED) is 0.832. The second-order valence-corrected chi connectivity index (χ2v) is 5.19. The third kappa shape index (κ3) is 3.36. The Morgan fingerprint density at radius 1 is 1.29 bits per heavy atom. The number of amides is 2. The molecule has 0 fully saturated rings. The Morgan fingerprint density at radius 2 is 2.00 bits per heavy atom. The van der Waals surface area contributed by atoms with Crippen LogP contribution >= 0.6 is 15.9 Å². The monoisotopic (exact) mass is 353 g/mol. The summed E-state index contributed by atoms with van der Waals surface area (Å²) in [5, 5.41) is 1.04. The Balaban J connectivity index is 2.11.